The molecule has 1 aromatic rings. The third-order valence-electron chi connectivity index (χ3n) is 5.55. The number of benzene rings is 1. The van der Waals surface area contributed by atoms with E-state index >= 15 is 0 Å². The highest BCUT2D eigenvalue weighted by atomic mass is 16.4. The van der Waals surface area contributed by atoms with Crippen molar-refractivity contribution >= 4 is 29.2 Å². The molecular weight excluding hydrogens is 320 g/mol. The highest BCUT2D eigenvalue weighted by Crippen LogP contribution is 2.48. The van der Waals surface area contributed by atoms with Gasteiger partial charge in [-0.25, -0.2) is 0 Å². The van der Waals surface area contributed by atoms with Crippen LogP contribution in [0.25, 0.3) is 0 Å². The number of carboxylic acid groups (broad SMARTS) is 1. The van der Waals surface area contributed by atoms with Gasteiger partial charge in [0.2, 0.25) is 11.8 Å². The second-order valence-electron chi connectivity index (χ2n) is 7.03. The predicted molar refractivity (Wildman–Crippen MR) is 92.0 cm³/mol. The number of hydrogen-bond acceptors (Lipinski definition) is 3. The van der Waals surface area contributed by atoms with Crippen LogP contribution in [-0.2, 0) is 14.4 Å². The van der Waals surface area contributed by atoms with Gasteiger partial charge in [0.15, 0.2) is 0 Å². The molecule has 1 aliphatic heterocycles. The maximum Gasteiger partial charge on any atom is 0.307 e. The number of rotatable bonds is 4. The first kappa shape index (κ1) is 15.9. The smallest absolute Gasteiger partial charge is 0.307 e. The molecule has 6 nitrogen and oxygen atoms in total. The maximum absolute atomic E-state index is 12.7. The average molecular weight is 340 g/mol. The molecule has 2 fully saturated rings. The fraction of sp³-hybridized carbons (Fsp3) is 0.421. The molecule has 1 saturated heterocycles. The van der Waals surface area contributed by atoms with Crippen LogP contribution < -0.4 is 10.2 Å². The average Bonchev–Trinajstić information content (AvgIpc) is 3.29. The fourth-order valence-electron chi connectivity index (χ4n) is 4.41. The van der Waals surface area contributed by atoms with Gasteiger partial charge in [0.05, 0.1) is 11.8 Å². The van der Waals surface area contributed by atoms with Crippen LogP contribution in [0.5, 0.6) is 0 Å². The van der Waals surface area contributed by atoms with Gasteiger partial charge < -0.3 is 15.3 Å². The van der Waals surface area contributed by atoms with E-state index in [-0.39, 0.29) is 23.7 Å². The quantitative estimate of drug-likeness (QED) is 0.823. The normalized spacial score (nSPS) is 30.1. The second kappa shape index (κ2) is 6.02. The van der Waals surface area contributed by atoms with Crippen molar-refractivity contribution < 1.29 is 19.5 Å². The summed E-state index contributed by atoms with van der Waals surface area (Å²) in [6.45, 7) is 0.689. The molecule has 3 aliphatic rings. The molecule has 2 bridgehead atoms. The Morgan fingerprint density at radius 2 is 1.92 bits per heavy atom. The summed E-state index contributed by atoms with van der Waals surface area (Å²) in [5.74, 6) is -2.32. The largest absolute Gasteiger partial charge is 0.481 e. The van der Waals surface area contributed by atoms with Crippen molar-refractivity contribution in [3.8, 4) is 0 Å². The van der Waals surface area contributed by atoms with Crippen molar-refractivity contribution in [1.82, 2.24) is 0 Å². The van der Waals surface area contributed by atoms with E-state index < -0.39 is 17.8 Å². The third kappa shape index (κ3) is 2.71. The lowest BCUT2D eigenvalue weighted by Crippen LogP contribution is -2.36. The van der Waals surface area contributed by atoms with E-state index in [1.807, 2.05) is 18.2 Å². The lowest BCUT2D eigenvalue weighted by Gasteiger charge is -2.24. The van der Waals surface area contributed by atoms with Crippen LogP contribution >= 0.6 is 0 Å². The highest BCUT2D eigenvalue weighted by Gasteiger charge is 2.51. The molecule has 130 valence electrons. The van der Waals surface area contributed by atoms with E-state index in [1.54, 1.807) is 23.1 Å². The summed E-state index contributed by atoms with van der Waals surface area (Å²) in [5, 5.41) is 12.3. The molecule has 2 N–H and O–H groups in total. The zero-order chi connectivity index (χ0) is 17.6. The van der Waals surface area contributed by atoms with E-state index in [0.29, 0.717) is 18.7 Å². The van der Waals surface area contributed by atoms with Gasteiger partial charge in [-0.15, -0.1) is 0 Å². The first-order valence-electron chi connectivity index (χ1n) is 8.67. The molecule has 6 heteroatoms. The molecule has 0 aromatic heterocycles. The van der Waals surface area contributed by atoms with E-state index in [1.165, 1.54) is 0 Å². The maximum atomic E-state index is 12.7. The number of aliphatic carboxylic acids is 1. The van der Waals surface area contributed by atoms with Gasteiger partial charge in [0.1, 0.15) is 0 Å². The van der Waals surface area contributed by atoms with Crippen molar-refractivity contribution in [3.63, 3.8) is 0 Å². The monoisotopic (exact) mass is 340 g/mol. The number of carboxylic acids is 1. The van der Waals surface area contributed by atoms with Crippen LogP contribution in [0.1, 0.15) is 19.3 Å². The summed E-state index contributed by atoms with van der Waals surface area (Å²) in [4.78, 5) is 37.9. The topological polar surface area (TPSA) is 86.7 Å². The molecule has 2 amide bonds. The molecule has 25 heavy (non-hydrogen) atoms. The Labute approximate surface area is 145 Å². The molecular formula is C19H20N2O4. The molecule has 1 aromatic carbocycles. The van der Waals surface area contributed by atoms with Crippen LogP contribution in [-0.4, -0.2) is 29.4 Å². The van der Waals surface area contributed by atoms with E-state index in [0.717, 1.165) is 18.5 Å². The summed E-state index contributed by atoms with van der Waals surface area (Å²) in [6, 6.07) is 7.19. The Bertz CT molecular complexity index is 772. The minimum Gasteiger partial charge on any atom is -0.481 e. The van der Waals surface area contributed by atoms with Crippen LogP contribution in [0.3, 0.4) is 0 Å². The zero-order valence-corrected chi connectivity index (χ0v) is 13.7. The van der Waals surface area contributed by atoms with Crippen LogP contribution in [0.2, 0.25) is 0 Å². The van der Waals surface area contributed by atoms with Gasteiger partial charge >= 0.3 is 5.97 Å². The van der Waals surface area contributed by atoms with E-state index in [4.69, 9.17) is 0 Å². The van der Waals surface area contributed by atoms with Gasteiger partial charge in [-0.05, 0) is 42.9 Å². The van der Waals surface area contributed by atoms with Crippen LogP contribution in [0.15, 0.2) is 36.4 Å². The highest BCUT2D eigenvalue weighted by molar-refractivity contribution is 5.98. The van der Waals surface area contributed by atoms with Crippen LogP contribution in [0.4, 0.5) is 11.4 Å². The molecule has 1 saturated carbocycles. The zero-order valence-electron chi connectivity index (χ0n) is 13.7. The first-order valence-corrected chi connectivity index (χ1v) is 8.67. The van der Waals surface area contributed by atoms with Gasteiger partial charge in [0.25, 0.3) is 0 Å². The molecule has 4 rings (SSSR count). The number of anilines is 2. The van der Waals surface area contributed by atoms with Crippen molar-refractivity contribution in [2.45, 2.75) is 19.3 Å². The molecule has 1 heterocycles. The number of carbonyl (C=O) groups excluding carboxylic acids is 2. The number of nitrogens with zero attached hydrogens (tertiary/aromatic N) is 1. The summed E-state index contributed by atoms with van der Waals surface area (Å²) in [6.07, 6.45) is 6.01. The van der Waals surface area contributed by atoms with Gasteiger partial charge in [-0.3, -0.25) is 14.4 Å². The number of carbonyl (C=O) groups is 3. The Balaban J connectivity index is 1.52. The molecule has 0 radical (unpaired) electrons. The summed E-state index contributed by atoms with van der Waals surface area (Å²) in [7, 11) is 0. The lowest BCUT2D eigenvalue weighted by atomic mass is 9.82. The number of hydrogen-bond donors (Lipinski definition) is 2. The summed E-state index contributed by atoms with van der Waals surface area (Å²) >= 11 is 0. The minimum absolute atomic E-state index is 0.00515. The van der Waals surface area contributed by atoms with Crippen molar-refractivity contribution in [2.24, 2.45) is 23.7 Å². The SMILES string of the molecule is O=C(O)[C@@H]1[C@H](C(=O)Nc2cccc(N3CCCC3=O)c2)[C@H]2C=C[C@H]1C2. The second-order valence-corrected chi connectivity index (χ2v) is 7.03. The number of fused-ring (bicyclic) bond motifs is 2. The molecule has 0 spiro atoms. The number of amides is 2. The Kier molecular flexibility index (Phi) is 3.82. The Morgan fingerprint density at radius 1 is 1.16 bits per heavy atom. The number of allylic oxidation sites excluding steroid dienone is 2. The third-order valence-corrected chi connectivity index (χ3v) is 5.55. The first-order chi connectivity index (χ1) is 12.0. The predicted octanol–water partition coefficient (Wildman–Crippen LogP) is 2.27. The van der Waals surface area contributed by atoms with Crippen molar-refractivity contribution in [3.05, 3.63) is 36.4 Å². The van der Waals surface area contributed by atoms with Gasteiger partial charge in [0, 0.05) is 24.3 Å². The standard InChI is InChI=1S/C19H20N2O4/c22-15-5-2-8-21(15)14-4-1-3-13(10-14)20-18(23)16-11-6-7-12(9-11)17(16)19(24)25/h1,3-4,6-7,10-12,16-17H,2,5,8-9H2,(H,20,23)(H,24,25)/t11-,12-,16+,17-/m0/s1. The van der Waals surface area contributed by atoms with Crippen molar-refractivity contribution in [2.75, 3.05) is 16.8 Å². The minimum atomic E-state index is -0.909. The Morgan fingerprint density at radius 3 is 2.60 bits per heavy atom. The Hall–Kier alpha value is -2.63. The van der Waals surface area contributed by atoms with E-state index in [9.17, 15) is 19.5 Å². The fourth-order valence-corrected chi connectivity index (χ4v) is 4.41. The molecule has 0 unspecified atom stereocenters. The lowest BCUT2D eigenvalue weighted by molar-refractivity contribution is -0.146. The molecule has 2 aliphatic carbocycles. The van der Waals surface area contributed by atoms with E-state index in [2.05, 4.69) is 5.32 Å². The summed E-state index contributed by atoms with van der Waals surface area (Å²) in [5.41, 5.74) is 1.36. The van der Waals surface area contributed by atoms with Crippen molar-refractivity contribution in [1.29, 1.82) is 0 Å². The number of nitrogens with one attached hydrogen (secondary N) is 1. The van der Waals surface area contributed by atoms with Gasteiger partial charge in [-0.2, -0.15) is 0 Å². The summed E-state index contributed by atoms with van der Waals surface area (Å²) < 4.78 is 0. The van der Waals surface area contributed by atoms with Gasteiger partial charge in [-0.1, -0.05) is 18.2 Å². The van der Waals surface area contributed by atoms with Crippen LogP contribution in [0, 0.1) is 23.7 Å². The molecule has 4 atom stereocenters.